The average Bonchev–Trinajstić information content (AvgIpc) is 2.88. The van der Waals surface area contributed by atoms with Crippen molar-refractivity contribution in [1.82, 2.24) is 4.90 Å². The zero-order valence-corrected chi connectivity index (χ0v) is 13.5. The third-order valence-corrected chi connectivity index (χ3v) is 3.58. The summed E-state index contributed by atoms with van der Waals surface area (Å²) in [6.45, 7) is 0.616. The van der Waals surface area contributed by atoms with Gasteiger partial charge in [0.15, 0.2) is 0 Å². The van der Waals surface area contributed by atoms with Crippen LogP contribution in [0.25, 0.3) is 0 Å². The molecule has 1 aromatic rings. The van der Waals surface area contributed by atoms with E-state index in [2.05, 4.69) is 5.32 Å². The molecule has 1 unspecified atom stereocenters. The van der Waals surface area contributed by atoms with Crippen molar-refractivity contribution in [2.45, 2.75) is 6.42 Å². The molecule has 2 amide bonds. The van der Waals surface area contributed by atoms with Gasteiger partial charge in [-0.15, -0.1) is 0 Å². The molecule has 1 atom stereocenters. The van der Waals surface area contributed by atoms with E-state index >= 15 is 0 Å². The third-order valence-electron chi connectivity index (χ3n) is 3.58. The average molecular weight is 319 g/mol. The number of carbonyl (C=O) groups excluding carboxylic acids is 3. The van der Waals surface area contributed by atoms with Gasteiger partial charge in [0.2, 0.25) is 11.8 Å². The topological polar surface area (TPSA) is 79.0 Å². The monoisotopic (exact) mass is 319 g/mol. The van der Waals surface area contributed by atoms with Crippen LogP contribution in [0.3, 0.4) is 0 Å². The molecule has 0 radical (unpaired) electrons. The molecule has 124 valence electrons. The molecule has 7 heteroatoms. The molecule has 0 saturated carbocycles. The second kappa shape index (κ2) is 7.23. The second-order valence-electron chi connectivity index (χ2n) is 5.76. The Bertz CT molecular complexity index is 598. The first kappa shape index (κ1) is 17.0. The summed E-state index contributed by atoms with van der Waals surface area (Å²) in [7, 11) is 4.96. The fourth-order valence-corrected chi connectivity index (χ4v) is 2.49. The van der Waals surface area contributed by atoms with Gasteiger partial charge in [0.05, 0.1) is 19.6 Å². The zero-order valence-electron chi connectivity index (χ0n) is 13.5. The van der Waals surface area contributed by atoms with Crippen molar-refractivity contribution in [3.8, 4) is 0 Å². The summed E-state index contributed by atoms with van der Waals surface area (Å²) in [5, 5.41) is 2.78. The van der Waals surface area contributed by atoms with Gasteiger partial charge < -0.3 is 19.9 Å². The summed E-state index contributed by atoms with van der Waals surface area (Å²) in [4.78, 5) is 38.6. The minimum atomic E-state index is -0.424. The van der Waals surface area contributed by atoms with Crippen molar-refractivity contribution in [3.63, 3.8) is 0 Å². The van der Waals surface area contributed by atoms with Gasteiger partial charge in [-0.05, 0) is 38.4 Å². The van der Waals surface area contributed by atoms with Crippen LogP contribution in [-0.4, -0.2) is 57.0 Å². The molecule has 1 aromatic carbocycles. The lowest BCUT2D eigenvalue weighted by atomic mass is 10.1. The summed E-state index contributed by atoms with van der Waals surface area (Å²) < 4.78 is 4.69. The molecule has 0 aromatic heterocycles. The van der Waals surface area contributed by atoms with Gasteiger partial charge in [-0.2, -0.15) is 0 Å². The molecule has 0 spiro atoms. The summed E-state index contributed by atoms with van der Waals surface area (Å²) in [5.74, 6) is -1.00. The number of hydrogen-bond donors (Lipinski definition) is 1. The highest BCUT2D eigenvalue weighted by atomic mass is 16.5. The maximum absolute atomic E-state index is 12.0. The Labute approximate surface area is 135 Å². The van der Waals surface area contributed by atoms with E-state index < -0.39 is 5.92 Å². The molecule has 23 heavy (non-hydrogen) atoms. The molecule has 1 saturated heterocycles. The van der Waals surface area contributed by atoms with Gasteiger partial charge in [-0.3, -0.25) is 14.4 Å². The van der Waals surface area contributed by atoms with Crippen molar-refractivity contribution in [3.05, 3.63) is 24.3 Å². The van der Waals surface area contributed by atoms with Crippen LogP contribution < -0.4 is 10.2 Å². The molecule has 1 heterocycles. The first-order valence-corrected chi connectivity index (χ1v) is 7.33. The molecular formula is C16H21N3O4. The largest absolute Gasteiger partial charge is 0.469 e. The van der Waals surface area contributed by atoms with Crippen LogP contribution in [0, 0.1) is 5.92 Å². The number of ether oxygens (including phenoxy) is 1. The van der Waals surface area contributed by atoms with Crippen molar-refractivity contribution in [2.24, 2.45) is 5.92 Å². The minimum Gasteiger partial charge on any atom is -0.469 e. The molecule has 7 nitrogen and oxygen atoms in total. The second-order valence-corrected chi connectivity index (χ2v) is 5.76. The van der Waals surface area contributed by atoms with Crippen LogP contribution in [0.1, 0.15) is 6.42 Å². The number of hydrogen-bond acceptors (Lipinski definition) is 5. The fourth-order valence-electron chi connectivity index (χ4n) is 2.49. The number of esters is 1. The van der Waals surface area contributed by atoms with E-state index in [1.807, 2.05) is 14.1 Å². The van der Waals surface area contributed by atoms with E-state index in [0.29, 0.717) is 24.5 Å². The predicted octanol–water partition coefficient (Wildman–Crippen LogP) is 0.713. The fraction of sp³-hybridized carbons (Fsp3) is 0.438. The van der Waals surface area contributed by atoms with Gasteiger partial charge in [0.1, 0.15) is 0 Å². The molecule has 1 aliphatic heterocycles. The lowest BCUT2D eigenvalue weighted by molar-refractivity contribution is -0.145. The number of rotatable bonds is 5. The SMILES string of the molecule is COC(=O)C1CC(=O)N(c2ccc(NC(=O)CN(C)C)cc2)C1. The number of likely N-dealkylation sites (N-methyl/N-ethyl adjacent to an activating group) is 1. The van der Waals surface area contributed by atoms with Crippen molar-refractivity contribution in [2.75, 3.05) is 44.5 Å². The lowest BCUT2D eigenvalue weighted by Gasteiger charge is -2.17. The highest BCUT2D eigenvalue weighted by Crippen LogP contribution is 2.26. The minimum absolute atomic E-state index is 0.106. The number of nitrogens with one attached hydrogen (secondary N) is 1. The summed E-state index contributed by atoms with van der Waals surface area (Å²) >= 11 is 0. The number of carbonyl (C=O) groups is 3. The molecule has 1 aliphatic rings. The Hall–Kier alpha value is -2.41. The number of nitrogens with zero attached hydrogens (tertiary/aromatic N) is 2. The smallest absolute Gasteiger partial charge is 0.311 e. The van der Waals surface area contributed by atoms with Gasteiger partial charge in [0, 0.05) is 24.3 Å². The van der Waals surface area contributed by atoms with E-state index in [9.17, 15) is 14.4 Å². The molecule has 0 bridgehead atoms. The van der Waals surface area contributed by atoms with Crippen molar-refractivity contribution in [1.29, 1.82) is 0 Å². The molecule has 0 aliphatic carbocycles. The Kier molecular flexibility index (Phi) is 5.33. The van der Waals surface area contributed by atoms with Crippen molar-refractivity contribution >= 4 is 29.2 Å². The maximum atomic E-state index is 12.0. The van der Waals surface area contributed by atoms with Gasteiger partial charge in [-0.1, -0.05) is 0 Å². The maximum Gasteiger partial charge on any atom is 0.311 e. The van der Waals surface area contributed by atoms with Crippen LogP contribution in [0.4, 0.5) is 11.4 Å². The molecule has 2 rings (SSSR count). The molecular weight excluding hydrogens is 298 g/mol. The van der Waals surface area contributed by atoms with Gasteiger partial charge in [-0.25, -0.2) is 0 Å². The Morgan fingerprint density at radius 3 is 2.52 bits per heavy atom. The van der Waals surface area contributed by atoms with Crippen LogP contribution in [0.5, 0.6) is 0 Å². The summed E-state index contributed by atoms with van der Waals surface area (Å²) in [5.41, 5.74) is 1.36. The molecule has 1 N–H and O–H groups in total. The Morgan fingerprint density at radius 2 is 1.96 bits per heavy atom. The van der Waals surface area contributed by atoms with Crippen LogP contribution in [0.2, 0.25) is 0 Å². The first-order chi connectivity index (χ1) is 10.9. The quantitative estimate of drug-likeness (QED) is 0.809. The summed E-state index contributed by atoms with van der Waals surface area (Å²) in [6, 6.07) is 6.98. The first-order valence-electron chi connectivity index (χ1n) is 7.33. The highest BCUT2D eigenvalue weighted by molar-refractivity contribution is 5.99. The van der Waals surface area contributed by atoms with Crippen molar-refractivity contribution < 1.29 is 19.1 Å². The van der Waals surface area contributed by atoms with Crippen LogP contribution >= 0.6 is 0 Å². The Morgan fingerprint density at radius 1 is 1.30 bits per heavy atom. The third kappa shape index (κ3) is 4.29. The zero-order chi connectivity index (χ0) is 17.0. The predicted molar refractivity (Wildman–Crippen MR) is 86.1 cm³/mol. The number of benzene rings is 1. The molecule has 1 fully saturated rings. The lowest BCUT2D eigenvalue weighted by Crippen LogP contribution is -2.27. The number of amides is 2. The Balaban J connectivity index is 2.01. The number of methoxy groups -OCH3 is 1. The van der Waals surface area contributed by atoms with E-state index in [1.165, 1.54) is 7.11 Å². The van der Waals surface area contributed by atoms with Crippen LogP contribution in [0.15, 0.2) is 24.3 Å². The summed E-state index contributed by atoms with van der Waals surface area (Å²) in [6.07, 6.45) is 0.161. The van der Waals surface area contributed by atoms with Crippen LogP contribution in [-0.2, 0) is 19.1 Å². The standard InChI is InChI=1S/C16H21N3O4/c1-18(2)10-14(20)17-12-4-6-13(7-5-12)19-9-11(8-15(19)21)16(22)23-3/h4-7,11H,8-10H2,1-3H3,(H,17,20). The van der Waals surface area contributed by atoms with E-state index in [0.717, 1.165) is 0 Å². The van der Waals surface area contributed by atoms with E-state index in [-0.39, 0.29) is 24.2 Å². The number of anilines is 2. The highest BCUT2D eigenvalue weighted by Gasteiger charge is 2.35. The van der Waals surface area contributed by atoms with Gasteiger partial charge in [0.25, 0.3) is 0 Å². The normalized spacial score (nSPS) is 17.5. The van der Waals surface area contributed by atoms with E-state index in [1.54, 1.807) is 34.1 Å². The van der Waals surface area contributed by atoms with Gasteiger partial charge >= 0.3 is 5.97 Å². The van der Waals surface area contributed by atoms with E-state index in [4.69, 9.17) is 4.74 Å².